The monoisotopic (exact) mass is 237 g/mol. The maximum atomic E-state index is 12.1. The summed E-state index contributed by atoms with van der Waals surface area (Å²) >= 11 is 0. The van der Waals surface area contributed by atoms with E-state index in [1.54, 1.807) is 47.6 Å². The molecule has 1 amide bonds. The highest BCUT2D eigenvalue weighted by molar-refractivity contribution is 5.93. The Labute approximate surface area is 95.9 Å². The SMILES string of the molecule is O=C(Nc1cccc(-n2ccnc2)c1)C(F)F. The summed E-state index contributed by atoms with van der Waals surface area (Å²) in [7, 11) is 0. The Morgan fingerprint density at radius 1 is 1.41 bits per heavy atom. The van der Waals surface area contributed by atoms with Crippen molar-refractivity contribution in [1.82, 2.24) is 9.55 Å². The third-order valence-corrected chi connectivity index (χ3v) is 2.11. The Kier molecular flexibility index (Phi) is 3.13. The molecule has 0 saturated carbocycles. The van der Waals surface area contributed by atoms with Crippen molar-refractivity contribution in [2.24, 2.45) is 0 Å². The van der Waals surface area contributed by atoms with Crippen LogP contribution in [0.3, 0.4) is 0 Å². The number of amides is 1. The molecule has 1 aromatic carbocycles. The highest BCUT2D eigenvalue weighted by Crippen LogP contribution is 2.14. The molecule has 17 heavy (non-hydrogen) atoms. The summed E-state index contributed by atoms with van der Waals surface area (Å²) in [6, 6.07) is 6.57. The van der Waals surface area contributed by atoms with Crippen molar-refractivity contribution >= 4 is 11.6 Å². The normalized spacial score (nSPS) is 10.5. The highest BCUT2D eigenvalue weighted by atomic mass is 19.3. The minimum absolute atomic E-state index is 0.321. The molecule has 0 bridgehead atoms. The molecule has 0 atom stereocenters. The van der Waals surface area contributed by atoms with E-state index >= 15 is 0 Å². The maximum absolute atomic E-state index is 12.1. The summed E-state index contributed by atoms with van der Waals surface area (Å²) in [6.07, 6.45) is 1.87. The average Bonchev–Trinajstić information content (AvgIpc) is 2.82. The number of halogens is 2. The number of hydrogen-bond acceptors (Lipinski definition) is 2. The van der Waals surface area contributed by atoms with Gasteiger partial charge in [0.15, 0.2) is 0 Å². The smallest absolute Gasteiger partial charge is 0.315 e. The number of hydrogen-bond donors (Lipinski definition) is 1. The van der Waals surface area contributed by atoms with Crippen LogP contribution in [0, 0.1) is 0 Å². The van der Waals surface area contributed by atoms with E-state index in [1.165, 1.54) is 0 Å². The molecular formula is C11H9F2N3O. The van der Waals surface area contributed by atoms with E-state index in [4.69, 9.17) is 0 Å². The van der Waals surface area contributed by atoms with Crippen molar-refractivity contribution in [3.8, 4) is 5.69 Å². The van der Waals surface area contributed by atoms with Gasteiger partial charge in [0.25, 0.3) is 5.91 Å². The fourth-order valence-electron chi connectivity index (χ4n) is 1.35. The lowest BCUT2D eigenvalue weighted by molar-refractivity contribution is -0.126. The first-order valence-corrected chi connectivity index (χ1v) is 4.84. The van der Waals surface area contributed by atoms with Gasteiger partial charge in [0.2, 0.25) is 0 Å². The zero-order valence-corrected chi connectivity index (χ0v) is 8.68. The largest absolute Gasteiger partial charge is 0.321 e. The molecule has 0 aliphatic heterocycles. The van der Waals surface area contributed by atoms with Gasteiger partial charge in [0, 0.05) is 23.8 Å². The summed E-state index contributed by atoms with van der Waals surface area (Å²) in [5.41, 5.74) is 1.05. The molecule has 2 aromatic rings. The molecule has 1 N–H and O–H groups in total. The van der Waals surface area contributed by atoms with Crippen LogP contribution in [0.1, 0.15) is 0 Å². The Morgan fingerprint density at radius 3 is 2.88 bits per heavy atom. The molecule has 0 fully saturated rings. The third kappa shape index (κ3) is 2.66. The predicted octanol–water partition coefficient (Wildman–Crippen LogP) is 2.08. The van der Waals surface area contributed by atoms with Crippen LogP contribution in [0.5, 0.6) is 0 Å². The second-order valence-corrected chi connectivity index (χ2v) is 3.31. The van der Waals surface area contributed by atoms with Crippen molar-refractivity contribution < 1.29 is 13.6 Å². The van der Waals surface area contributed by atoms with Gasteiger partial charge in [-0.3, -0.25) is 4.79 Å². The Balaban J connectivity index is 2.20. The lowest BCUT2D eigenvalue weighted by Gasteiger charge is -2.07. The quantitative estimate of drug-likeness (QED) is 0.888. The van der Waals surface area contributed by atoms with Gasteiger partial charge < -0.3 is 9.88 Å². The molecule has 1 heterocycles. The van der Waals surface area contributed by atoms with Gasteiger partial charge in [-0.25, -0.2) is 4.98 Å². The van der Waals surface area contributed by atoms with Gasteiger partial charge in [-0.2, -0.15) is 8.78 Å². The highest BCUT2D eigenvalue weighted by Gasteiger charge is 2.14. The van der Waals surface area contributed by atoms with Crippen molar-refractivity contribution in [3.63, 3.8) is 0 Å². The number of alkyl halides is 2. The molecule has 4 nitrogen and oxygen atoms in total. The first kappa shape index (κ1) is 11.3. The molecule has 0 aliphatic rings. The Morgan fingerprint density at radius 2 is 2.24 bits per heavy atom. The standard InChI is InChI=1S/C11H9F2N3O/c12-10(13)11(17)15-8-2-1-3-9(6-8)16-5-4-14-7-16/h1-7,10H,(H,15,17). The van der Waals surface area contributed by atoms with Gasteiger partial charge in [-0.05, 0) is 18.2 Å². The fraction of sp³-hybridized carbons (Fsp3) is 0.0909. The molecular weight excluding hydrogens is 228 g/mol. The Bertz CT molecular complexity index is 511. The Hall–Kier alpha value is -2.24. The number of nitrogens with zero attached hydrogens (tertiary/aromatic N) is 2. The van der Waals surface area contributed by atoms with E-state index in [2.05, 4.69) is 10.3 Å². The van der Waals surface area contributed by atoms with E-state index in [0.717, 1.165) is 5.69 Å². The first-order chi connectivity index (χ1) is 8.16. The lowest BCUT2D eigenvalue weighted by atomic mass is 10.2. The number of anilines is 1. The van der Waals surface area contributed by atoms with Gasteiger partial charge in [-0.15, -0.1) is 0 Å². The zero-order chi connectivity index (χ0) is 12.3. The van der Waals surface area contributed by atoms with Crippen molar-refractivity contribution in [2.45, 2.75) is 6.43 Å². The molecule has 88 valence electrons. The molecule has 0 saturated heterocycles. The zero-order valence-electron chi connectivity index (χ0n) is 8.68. The van der Waals surface area contributed by atoms with Crippen LogP contribution in [-0.2, 0) is 4.79 Å². The van der Waals surface area contributed by atoms with Gasteiger partial charge >= 0.3 is 6.43 Å². The topological polar surface area (TPSA) is 46.9 Å². The molecule has 0 unspecified atom stereocenters. The number of nitrogens with one attached hydrogen (secondary N) is 1. The number of carbonyl (C=O) groups excluding carboxylic acids is 1. The van der Waals surface area contributed by atoms with Gasteiger partial charge in [-0.1, -0.05) is 6.07 Å². The van der Waals surface area contributed by atoms with Crippen molar-refractivity contribution in [3.05, 3.63) is 43.0 Å². The van der Waals surface area contributed by atoms with Crippen LogP contribution in [-0.4, -0.2) is 21.9 Å². The van der Waals surface area contributed by atoms with E-state index in [9.17, 15) is 13.6 Å². The second-order valence-electron chi connectivity index (χ2n) is 3.31. The molecule has 1 aromatic heterocycles. The minimum Gasteiger partial charge on any atom is -0.321 e. The minimum atomic E-state index is -3.02. The number of carbonyl (C=O) groups is 1. The number of rotatable bonds is 3. The van der Waals surface area contributed by atoms with E-state index in [-0.39, 0.29) is 0 Å². The van der Waals surface area contributed by atoms with Crippen LogP contribution >= 0.6 is 0 Å². The molecule has 0 spiro atoms. The van der Waals surface area contributed by atoms with Crippen LogP contribution in [0.25, 0.3) is 5.69 Å². The molecule has 0 radical (unpaired) electrons. The summed E-state index contributed by atoms with van der Waals surface area (Å²) < 4.78 is 25.8. The van der Waals surface area contributed by atoms with Crippen LogP contribution in [0.2, 0.25) is 0 Å². The van der Waals surface area contributed by atoms with Crippen LogP contribution in [0.15, 0.2) is 43.0 Å². The molecule has 0 aliphatic carbocycles. The van der Waals surface area contributed by atoms with E-state index < -0.39 is 12.3 Å². The third-order valence-electron chi connectivity index (χ3n) is 2.11. The first-order valence-electron chi connectivity index (χ1n) is 4.84. The van der Waals surface area contributed by atoms with E-state index in [1.807, 2.05) is 0 Å². The summed E-state index contributed by atoms with van der Waals surface area (Å²) in [5.74, 6) is -1.31. The molecule has 2 rings (SSSR count). The number of imidazole rings is 1. The van der Waals surface area contributed by atoms with Crippen LogP contribution < -0.4 is 5.32 Å². The van der Waals surface area contributed by atoms with Crippen molar-refractivity contribution in [2.75, 3.05) is 5.32 Å². The average molecular weight is 237 g/mol. The summed E-state index contributed by atoms with van der Waals surface area (Å²) in [4.78, 5) is 14.7. The lowest BCUT2D eigenvalue weighted by Crippen LogP contribution is -2.20. The fourth-order valence-corrected chi connectivity index (χ4v) is 1.35. The number of aromatic nitrogens is 2. The van der Waals surface area contributed by atoms with Gasteiger partial charge in [0.1, 0.15) is 0 Å². The van der Waals surface area contributed by atoms with Crippen molar-refractivity contribution in [1.29, 1.82) is 0 Å². The van der Waals surface area contributed by atoms with Gasteiger partial charge in [0.05, 0.1) is 6.33 Å². The molecule has 6 heteroatoms. The van der Waals surface area contributed by atoms with Crippen LogP contribution in [0.4, 0.5) is 14.5 Å². The van der Waals surface area contributed by atoms with E-state index in [0.29, 0.717) is 5.69 Å². The summed E-state index contributed by atoms with van der Waals surface area (Å²) in [6.45, 7) is 0. The summed E-state index contributed by atoms with van der Waals surface area (Å²) in [5, 5.41) is 2.12. The number of benzene rings is 1. The second kappa shape index (κ2) is 4.73. The maximum Gasteiger partial charge on any atom is 0.315 e. The predicted molar refractivity (Wildman–Crippen MR) is 58.2 cm³/mol.